The van der Waals surface area contributed by atoms with Crippen molar-refractivity contribution in [2.45, 2.75) is 44.7 Å². The van der Waals surface area contributed by atoms with Crippen molar-refractivity contribution in [3.63, 3.8) is 0 Å². The molecule has 0 aliphatic heterocycles. The summed E-state index contributed by atoms with van der Waals surface area (Å²) in [4.78, 5) is 6.61. The zero-order chi connectivity index (χ0) is 12.8. The van der Waals surface area contributed by atoms with Crippen LogP contribution in [0.1, 0.15) is 37.7 Å². The number of halogens is 1. The molecule has 1 aliphatic carbocycles. The minimum absolute atomic E-state index is 0.234. The molecule has 1 aromatic rings. The van der Waals surface area contributed by atoms with Gasteiger partial charge in [-0.05, 0) is 40.4 Å². The Morgan fingerprint density at radius 3 is 2.72 bits per heavy atom. The first kappa shape index (κ1) is 14.0. The summed E-state index contributed by atoms with van der Waals surface area (Å²) in [5, 5.41) is 9.23. The lowest BCUT2D eigenvalue weighted by molar-refractivity contribution is 0.117. The number of nitrogens with zero attached hydrogens (tertiary/aromatic N) is 2. The summed E-state index contributed by atoms with van der Waals surface area (Å²) in [5.74, 6) is 0. The molecule has 0 saturated heterocycles. The van der Waals surface area contributed by atoms with Gasteiger partial charge in [0.25, 0.3) is 0 Å². The first-order chi connectivity index (χ1) is 8.79. The van der Waals surface area contributed by atoms with E-state index in [1.807, 2.05) is 6.20 Å². The van der Waals surface area contributed by atoms with Gasteiger partial charge in [-0.3, -0.25) is 9.88 Å². The van der Waals surface area contributed by atoms with Gasteiger partial charge >= 0.3 is 0 Å². The fourth-order valence-electron chi connectivity index (χ4n) is 2.74. The maximum atomic E-state index is 9.23. The van der Waals surface area contributed by atoms with Crippen molar-refractivity contribution in [3.8, 4) is 0 Å². The van der Waals surface area contributed by atoms with E-state index in [0.29, 0.717) is 6.04 Å². The molecule has 100 valence electrons. The minimum atomic E-state index is 0.234. The molecule has 2 rings (SSSR count). The number of aromatic nitrogens is 1. The van der Waals surface area contributed by atoms with Crippen LogP contribution in [0.15, 0.2) is 22.9 Å². The lowest BCUT2D eigenvalue weighted by Gasteiger charge is -2.33. The van der Waals surface area contributed by atoms with Gasteiger partial charge in [0, 0.05) is 36.0 Å². The predicted molar refractivity (Wildman–Crippen MR) is 76.3 cm³/mol. The molecule has 0 bridgehead atoms. The molecule has 0 radical (unpaired) electrons. The van der Waals surface area contributed by atoms with E-state index in [1.54, 1.807) is 6.20 Å². The number of hydrogen-bond acceptors (Lipinski definition) is 3. The summed E-state index contributed by atoms with van der Waals surface area (Å²) < 4.78 is 1.02. The van der Waals surface area contributed by atoms with Crippen LogP contribution in [-0.4, -0.2) is 34.2 Å². The van der Waals surface area contributed by atoms with Crippen LogP contribution >= 0.6 is 15.9 Å². The molecule has 0 spiro atoms. The minimum Gasteiger partial charge on any atom is -0.395 e. The molecule has 1 aromatic heterocycles. The number of aliphatic hydroxyl groups excluding tert-OH is 1. The summed E-state index contributed by atoms with van der Waals surface area (Å²) in [6.45, 7) is 1.88. The molecular formula is C14H21BrN2O. The Balaban J connectivity index is 2.00. The van der Waals surface area contributed by atoms with Gasteiger partial charge < -0.3 is 5.11 Å². The molecule has 1 heterocycles. The molecule has 0 aromatic carbocycles. The van der Waals surface area contributed by atoms with Gasteiger partial charge in [0.2, 0.25) is 0 Å². The monoisotopic (exact) mass is 312 g/mol. The Morgan fingerprint density at radius 2 is 2.06 bits per heavy atom. The Hall–Kier alpha value is -0.450. The van der Waals surface area contributed by atoms with Crippen LogP contribution < -0.4 is 0 Å². The van der Waals surface area contributed by atoms with E-state index in [4.69, 9.17) is 0 Å². The van der Waals surface area contributed by atoms with Crippen molar-refractivity contribution >= 4 is 15.9 Å². The fourth-order valence-corrected chi connectivity index (χ4v) is 3.15. The molecule has 1 aliphatic rings. The lowest BCUT2D eigenvalue weighted by atomic mass is 9.94. The third kappa shape index (κ3) is 4.04. The van der Waals surface area contributed by atoms with Crippen molar-refractivity contribution in [2.24, 2.45) is 0 Å². The smallest absolute Gasteiger partial charge is 0.0558 e. The maximum absolute atomic E-state index is 9.23. The SMILES string of the molecule is OCCN(Cc1cncc(Br)c1)C1CCCCC1. The van der Waals surface area contributed by atoms with Crippen molar-refractivity contribution in [3.05, 3.63) is 28.5 Å². The summed E-state index contributed by atoms with van der Waals surface area (Å²) in [5.41, 5.74) is 1.21. The number of aliphatic hydroxyl groups is 1. The summed E-state index contributed by atoms with van der Waals surface area (Å²) in [6.07, 6.45) is 10.3. The highest BCUT2D eigenvalue weighted by atomic mass is 79.9. The average Bonchev–Trinajstić information content (AvgIpc) is 2.39. The highest BCUT2D eigenvalue weighted by Gasteiger charge is 2.20. The second-order valence-electron chi connectivity index (χ2n) is 5.00. The molecular weight excluding hydrogens is 292 g/mol. The Kier molecular flexibility index (Phi) is 5.60. The van der Waals surface area contributed by atoms with Crippen LogP contribution in [0.5, 0.6) is 0 Å². The normalized spacial score (nSPS) is 17.3. The first-order valence-corrected chi connectivity index (χ1v) is 7.53. The van der Waals surface area contributed by atoms with Crippen LogP contribution in [0.25, 0.3) is 0 Å². The van der Waals surface area contributed by atoms with Gasteiger partial charge in [-0.25, -0.2) is 0 Å². The molecule has 1 fully saturated rings. The fraction of sp³-hybridized carbons (Fsp3) is 0.643. The largest absolute Gasteiger partial charge is 0.395 e. The zero-order valence-corrected chi connectivity index (χ0v) is 12.3. The molecule has 0 amide bonds. The topological polar surface area (TPSA) is 36.4 Å². The van der Waals surface area contributed by atoms with Crippen molar-refractivity contribution in [1.29, 1.82) is 0 Å². The van der Waals surface area contributed by atoms with Crippen LogP contribution in [0.3, 0.4) is 0 Å². The second kappa shape index (κ2) is 7.22. The summed E-state index contributed by atoms with van der Waals surface area (Å²) in [6, 6.07) is 2.74. The second-order valence-corrected chi connectivity index (χ2v) is 5.91. The lowest BCUT2D eigenvalue weighted by Crippen LogP contribution is -2.38. The Labute approximate surface area is 117 Å². The molecule has 1 saturated carbocycles. The highest BCUT2D eigenvalue weighted by molar-refractivity contribution is 9.10. The number of pyridine rings is 1. The van der Waals surface area contributed by atoms with E-state index in [1.165, 1.54) is 37.7 Å². The number of rotatable bonds is 5. The summed E-state index contributed by atoms with van der Waals surface area (Å²) >= 11 is 3.46. The van der Waals surface area contributed by atoms with Crippen molar-refractivity contribution < 1.29 is 5.11 Å². The molecule has 18 heavy (non-hydrogen) atoms. The summed E-state index contributed by atoms with van der Waals surface area (Å²) in [7, 11) is 0. The Morgan fingerprint density at radius 1 is 1.28 bits per heavy atom. The van der Waals surface area contributed by atoms with E-state index in [-0.39, 0.29) is 6.61 Å². The zero-order valence-electron chi connectivity index (χ0n) is 10.7. The third-order valence-electron chi connectivity index (χ3n) is 3.63. The van der Waals surface area contributed by atoms with Gasteiger partial charge in [-0.1, -0.05) is 19.3 Å². The molecule has 0 atom stereocenters. The van der Waals surface area contributed by atoms with Gasteiger partial charge in [0.05, 0.1) is 6.61 Å². The average molecular weight is 313 g/mol. The van der Waals surface area contributed by atoms with Gasteiger partial charge in [-0.2, -0.15) is 0 Å². The van der Waals surface area contributed by atoms with Crippen molar-refractivity contribution in [1.82, 2.24) is 9.88 Å². The van der Waals surface area contributed by atoms with E-state index in [2.05, 4.69) is 31.9 Å². The predicted octanol–water partition coefficient (Wildman–Crippen LogP) is 2.97. The highest BCUT2D eigenvalue weighted by Crippen LogP contribution is 2.24. The van der Waals surface area contributed by atoms with Crippen molar-refractivity contribution in [2.75, 3.05) is 13.2 Å². The van der Waals surface area contributed by atoms with E-state index >= 15 is 0 Å². The molecule has 3 nitrogen and oxygen atoms in total. The van der Waals surface area contributed by atoms with Crippen LogP contribution in [0.4, 0.5) is 0 Å². The van der Waals surface area contributed by atoms with Gasteiger partial charge in [0.15, 0.2) is 0 Å². The Bertz CT molecular complexity index is 367. The quantitative estimate of drug-likeness (QED) is 0.908. The molecule has 0 unspecified atom stereocenters. The van der Waals surface area contributed by atoms with Crippen LogP contribution in [-0.2, 0) is 6.54 Å². The third-order valence-corrected chi connectivity index (χ3v) is 4.06. The standard InChI is InChI=1S/C14H21BrN2O/c15-13-8-12(9-16-10-13)11-17(6-7-18)14-4-2-1-3-5-14/h8-10,14,18H,1-7,11H2. The van der Waals surface area contributed by atoms with Crippen LogP contribution in [0.2, 0.25) is 0 Å². The molecule has 1 N–H and O–H groups in total. The van der Waals surface area contributed by atoms with Gasteiger partial charge in [-0.15, -0.1) is 0 Å². The molecule has 4 heteroatoms. The first-order valence-electron chi connectivity index (χ1n) is 6.74. The van der Waals surface area contributed by atoms with Gasteiger partial charge in [0.1, 0.15) is 0 Å². The van der Waals surface area contributed by atoms with E-state index < -0.39 is 0 Å². The van der Waals surface area contributed by atoms with Crippen LogP contribution in [0, 0.1) is 0 Å². The van der Waals surface area contributed by atoms with E-state index in [0.717, 1.165) is 17.6 Å². The van der Waals surface area contributed by atoms with E-state index in [9.17, 15) is 5.11 Å². The number of hydrogen-bond donors (Lipinski definition) is 1. The maximum Gasteiger partial charge on any atom is 0.0558 e.